The predicted molar refractivity (Wildman–Crippen MR) is 133 cm³/mol. The minimum Gasteiger partial charge on any atom is -0.489 e. The third kappa shape index (κ3) is 5.51. The summed E-state index contributed by atoms with van der Waals surface area (Å²) in [7, 11) is 0. The van der Waals surface area contributed by atoms with Crippen LogP contribution in [0.2, 0.25) is 0 Å². The molecule has 1 aliphatic rings. The first-order valence-electron chi connectivity index (χ1n) is 10.1. The zero-order valence-corrected chi connectivity index (χ0v) is 19.3. The number of carboxylic acids is 1. The molecule has 4 rings (SSSR count). The molecule has 0 atom stereocenters. The number of carboxylic acid groups (broad SMARTS) is 1. The van der Waals surface area contributed by atoms with Crippen LogP contribution < -0.4 is 10.2 Å². The number of rotatable bonds is 7. The number of thioether (sulfide) groups is 1. The van der Waals surface area contributed by atoms with Crippen LogP contribution in [0.3, 0.4) is 0 Å². The van der Waals surface area contributed by atoms with Gasteiger partial charge in [0.2, 0.25) is 0 Å². The maximum atomic E-state index is 12.8. The minimum atomic E-state index is -1.03. The number of nitrogens with one attached hydrogen (secondary N) is 1. The molecule has 0 bridgehead atoms. The summed E-state index contributed by atoms with van der Waals surface area (Å²) in [5.41, 5.74) is 4.70. The smallest absolute Gasteiger partial charge is 0.335 e. The number of carbonyl (C=O) groups is 3. The fraction of sp³-hybridized carbons (Fsp3) is 0.0400. The van der Waals surface area contributed by atoms with Gasteiger partial charge in [0.25, 0.3) is 11.8 Å². The number of thiocarbonyl (C=S) groups is 1. The van der Waals surface area contributed by atoms with E-state index in [-0.39, 0.29) is 9.88 Å². The average Bonchev–Trinajstić information content (AvgIpc) is 3.11. The number of ether oxygens (including phenoxy) is 1. The maximum absolute atomic E-state index is 12.8. The minimum absolute atomic E-state index is 0.147. The first-order chi connectivity index (χ1) is 16.4. The molecule has 3 aromatic carbocycles. The molecule has 0 aromatic heterocycles. The van der Waals surface area contributed by atoms with E-state index in [1.54, 1.807) is 42.5 Å². The largest absolute Gasteiger partial charge is 0.489 e. The lowest BCUT2D eigenvalue weighted by Gasteiger charge is -2.15. The molecule has 7 nitrogen and oxygen atoms in total. The molecule has 9 heteroatoms. The van der Waals surface area contributed by atoms with Crippen LogP contribution in [-0.4, -0.2) is 32.2 Å². The fourth-order valence-corrected chi connectivity index (χ4v) is 4.23. The van der Waals surface area contributed by atoms with Crippen molar-refractivity contribution in [1.29, 1.82) is 0 Å². The second kappa shape index (κ2) is 10.3. The lowest BCUT2D eigenvalue weighted by Crippen LogP contribution is -2.44. The summed E-state index contributed by atoms with van der Waals surface area (Å²) < 4.78 is 5.91. The second-order valence-corrected chi connectivity index (χ2v) is 8.86. The molecule has 2 N–H and O–H groups in total. The molecule has 0 spiro atoms. The SMILES string of the molecule is O=C(O)c1ccc(/C=C2/SC(=S)N(NC(=O)c3ccc(OCc4ccccc4)cc3)C2=O)cc1. The van der Waals surface area contributed by atoms with Gasteiger partial charge >= 0.3 is 5.97 Å². The van der Waals surface area contributed by atoms with Gasteiger partial charge in [0, 0.05) is 5.56 Å². The summed E-state index contributed by atoms with van der Waals surface area (Å²) >= 11 is 6.30. The molecule has 0 unspecified atom stereocenters. The van der Waals surface area contributed by atoms with Crippen molar-refractivity contribution >= 4 is 52.2 Å². The number of hydrazine groups is 1. The predicted octanol–water partition coefficient (Wildman–Crippen LogP) is 4.51. The molecule has 1 heterocycles. The molecule has 0 aliphatic carbocycles. The van der Waals surface area contributed by atoms with Gasteiger partial charge in [0.1, 0.15) is 12.4 Å². The van der Waals surface area contributed by atoms with Crippen molar-refractivity contribution in [2.24, 2.45) is 0 Å². The van der Waals surface area contributed by atoms with Crippen molar-refractivity contribution in [1.82, 2.24) is 10.4 Å². The van der Waals surface area contributed by atoms with Gasteiger partial charge in [-0.25, -0.2) is 4.79 Å². The molecule has 0 saturated carbocycles. The van der Waals surface area contributed by atoms with Crippen LogP contribution in [0.1, 0.15) is 31.8 Å². The highest BCUT2D eigenvalue weighted by molar-refractivity contribution is 8.26. The van der Waals surface area contributed by atoms with Gasteiger partial charge in [0.15, 0.2) is 4.32 Å². The molecule has 1 aliphatic heterocycles. The number of benzene rings is 3. The van der Waals surface area contributed by atoms with Crippen molar-refractivity contribution in [3.63, 3.8) is 0 Å². The lowest BCUT2D eigenvalue weighted by atomic mass is 10.1. The molecule has 2 amide bonds. The number of hydrogen-bond donors (Lipinski definition) is 2. The molecule has 3 aromatic rings. The van der Waals surface area contributed by atoms with Gasteiger partial charge in [0.05, 0.1) is 10.5 Å². The highest BCUT2D eigenvalue weighted by Crippen LogP contribution is 2.31. The van der Waals surface area contributed by atoms with E-state index >= 15 is 0 Å². The van der Waals surface area contributed by atoms with Crippen molar-refractivity contribution in [2.45, 2.75) is 6.61 Å². The first-order valence-corrected chi connectivity index (χ1v) is 11.3. The van der Waals surface area contributed by atoms with Crippen molar-refractivity contribution in [2.75, 3.05) is 0 Å². The summed E-state index contributed by atoms with van der Waals surface area (Å²) in [4.78, 5) is 36.7. The van der Waals surface area contributed by atoms with E-state index in [0.29, 0.717) is 28.4 Å². The average molecular weight is 491 g/mol. The van der Waals surface area contributed by atoms with E-state index in [9.17, 15) is 14.4 Å². The molecule has 1 saturated heterocycles. The Morgan fingerprint density at radius 3 is 2.26 bits per heavy atom. The number of hydrogen-bond acceptors (Lipinski definition) is 6. The Morgan fingerprint density at radius 1 is 0.971 bits per heavy atom. The number of nitrogens with zero attached hydrogens (tertiary/aromatic N) is 1. The number of amides is 2. The van der Waals surface area contributed by atoms with E-state index < -0.39 is 17.8 Å². The highest BCUT2D eigenvalue weighted by Gasteiger charge is 2.33. The first kappa shape index (κ1) is 23.2. The summed E-state index contributed by atoms with van der Waals surface area (Å²) in [5, 5.41) is 10.0. The quantitative estimate of drug-likeness (QED) is 0.372. The Bertz CT molecular complexity index is 1270. The van der Waals surface area contributed by atoms with Crippen LogP contribution in [0.5, 0.6) is 5.75 Å². The Balaban J connectivity index is 1.38. The number of aromatic carboxylic acids is 1. The zero-order valence-electron chi connectivity index (χ0n) is 17.6. The molecule has 0 radical (unpaired) electrons. The topological polar surface area (TPSA) is 95.9 Å². The summed E-state index contributed by atoms with van der Waals surface area (Å²) in [5.74, 6) is -1.37. The lowest BCUT2D eigenvalue weighted by molar-refractivity contribution is -0.123. The van der Waals surface area contributed by atoms with Crippen molar-refractivity contribution in [3.05, 3.63) is 106 Å². The van der Waals surface area contributed by atoms with Crippen LogP contribution in [0.25, 0.3) is 6.08 Å². The van der Waals surface area contributed by atoms with Crippen LogP contribution in [0.15, 0.2) is 83.8 Å². The van der Waals surface area contributed by atoms with Crippen molar-refractivity contribution in [3.8, 4) is 5.75 Å². The molecule has 1 fully saturated rings. The second-order valence-electron chi connectivity index (χ2n) is 7.18. The maximum Gasteiger partial charge on any atom is 0.335 e. The van der Waals surface area contributed by atoms with Gasteiger partial charge in [-0.3, -0.25) is 15.0 Å². The Hall–Kier alpha value is -3.95. The molecule has 34 heavy (non-hydrogen) atoms. The standard InChI is InChI=1S/C25H18N2O5S2/c28-22(18-10-12-20(13-11-18)32-15-17-4-2-1-3-5-17)26-27-23(29)21(34-25(27)33)14-16-6-8-19(9-7-16)24(30)31/h1-14H,15H2,(H,26,28)(H,30,31)/b21-14+. The number of carbonyl (C=O) groups excluding carboxylic acids is 2. The van der Waals surface area contributed by atoms with E-state index in [1.807, 2.05) is 30.3 Å². The fourth-order valence-electron chi connectivity index (χ4n) is 3.05. The summed E-state index contributed by atoms with van der Waals surface area (Å²) in [6.45, 7) is 0.411. The van der Waals surface area contributed by atoms with Gasteiger partial charge in [-0.05, 0) is 65.8 Å². The van der Waals surface area contributed by atoms with E-state index in [0.717, 1.165) is 22.3 Å². The van der Waals surface area contributed by atoms with Gasteiger partial charge < -0.3 is 9.84 Å². The van der Waals surface area contributed by atoms with Gasteiger partial charge in [-0.2, -0.15) is 5.01 Å². The van der Waals surface area contributed by atoms with Crippen molar-refractivity contribution < 1.29 is 24.2 Å². The van der Waals surface area contributed by atoms with Crippen LogP contribution in [0.4, 0.5) is 0 Å². The van der Waals surface area contributed by atoms with Crippen LogP contribution in [-0.2, 0) is 11.4 Å². The molecular formula is C25H18N2O5S2. The zero-order chi connectivity index (χ0) is 24.1. The van der Waals surface area contributed by atoms with E-state index in [4.69, 9.17) is 22.1 Å². The Labute approximate surface area is 205 Å². The third-order valence-corrected chi connectivity index (χ3v) is 6.13. The van der Waals surface area contributed by atoms with E-state index in [2.05, 4.69) is 5.43 Å². The van der Waals surface area contributed by atoms with Crippen LogP contribution >= 0.6 is 24.0 Å². The van der Waals surface area contributed by atoms with Gasteiger partial charge in [-0.1, -0.05) is 54.2 Å². The van der Waals surface area contributed by atoms with Gasteiger partial charge in [-0.15, -0.1) is 0 Å². The molecular weight excluding hydrogens is 472 g/mol. The molecule has 170 valence electrons. The summed E-state index contributed by atoms with van der Waals surface area (Å²) in [6.07, 6.45) is 1.59. The van der Waals surface area contributed by atoms with E-state index in [1.165, 1.54) is 12.1 Å². The summed E-state index contributed by atoms with van der Waals surface area (Å²) in [6, 6.07) is 22.4. The third-order valence-electron chi connectivity index (χ3n) is 4.83. The highest BCUT2D eigenvalue weighted by atomic mass is 32.2. The normalized spacial score (nSPS) is 14.4. The monoisotopic (exact) mass is 490 g/mol. The van der Waals surface area contributed by atoms with Crippen LogP contribution in [0, 0.1) is 0 Å². The Morgan fingerprint density at radius 2 is 1.62 bits per heavy atom. The Kier molecular flexibility index (Phi) is 7.05.